The summed E-state index contributed by atoms with van der Waals surface area (Å²) < 4.78 is 7.95. The van der Waals surface area contributed by atoms with Crippen molar-refractivity contribution in [3.8, 4) is 0 Å². The monoisotopic (exact) mass is 383 g/mol. The Morgan fingerprint density at radius 1 is 1.50 bits per heavy atom. The van der Waals surface area contributed by atoms with Gasteiger partial charge in [-0.25, -0.2) is 0 Å². The van der Waals surface area contributed by atoms with Gasteiger partial charge in [0.25, 0.3) is 5.91 Å². The van der Waals surface area contributed by atoms with Gasteiger partial charge in [-0.05, 0) is 17.5 Å². The minimum absolute atomic E-state index is 0.139. The van der Waals surface area contributed by atoms with Crippen molar-refractivity contribution in [2.75, 3.05) is 13.7 Å². The lowest BCUT2D eigenvalue weighted by Crippen LogP contribution is -2.33. The summed E-state index contributed by atoms with van der Waals surface area (Å²) in [6, 6.07) is 0. The summed E-state index contributed by atoms with van der Waals surface area (Å²) in [5, 5.41) is 6.61. The number of alkyl halides is 1. The third-order valence-electron chi connectivity index (χ3n) is 2.17. The Morgan fingerprint density at radius 3 is 2.72 bits per heavy atom. The van der Waals surface area contributed by atoms with Crippen LogP contribution in [-0.4, -0.2) is 39.0 Å². The maximum atomic E-state index is 11.9. The molecule has 0 spiro atoms. The van der Waals surface area contributed by atoms with Crippen molar-refractivity contribution >= 4 is 46.0 Å². The first-order valence-corrected chi connectivity index (χ1v) is 7.31. The number of halogens is 1. The number of aromatic nitrogens is 2. The van der Waals surface area contributed by atoms with Crippen molar-refractivity contribution in [1.82, 2.24) is 14.9 Å². The Morgan fingerprint density at radius 2 is 2.17 bits per heavy atom. The van der Waals surface area contributed by atoms with E-state index in [0.29, 0.717) is 10.6 Å². The van der Waals surface area contributed by atoms with Crippen LogP contribution >= 0.6 is 34.1 Å². The van der Waals surface area contributed by atoms with Crippen LogP contribution in [0.4, 0.5) is 0 Å². The second-order valence-corrected chi connectivity index (χ2v) is 6.10. The molecule has 1 aromatic heterocycles. The van der Waals surface area contributed by atoms with Gasteiger partial charge in [0.2, 0.25) is 0 Å². The topological polar surface area (TPSA) is 81.2 Å². The summed E-state index contributed by atoms with van der Waals surface area (Å²) in [5.41, 5.74) is 0.681. The minimum atomic E-state index is -0.403. The highest BCUT2D eigenvalue weighted by atomic mass is 127. The molecule has 1 aromatic rings. The Kier molecular flexibility index (Phi) is 5.93. The van der Waals surface area contributed by atoms with Gasteiger partial charge in [-0.3, -0.25) is 9.59 Å². The highest BCUT2D eigenvalue weighted by Gasteiger charge is 2.21. The van der Waals surface area contributed by atoms with E-state index >= 15 is 0 Å². The summed E-state index contributed by atoms with van der Waals surface area (Å²) in [6.45, 7) is 4.12. The molecule has 0 aromatic carbocycles. The predicted octanol–water partition coefficient (Wildman–Crippen LogP) is 1.37. The van der Waals surface area contributed by atoms with Crippen molar-refractivity contribution in [2.45, 2.75) is 23.7 Å². The Bertz CT molecular complexity index is 436. The number of nitrogens with zero attached hydrogens (tertiary/aromatic N) is 2. The van der Waals surface area contributed by atoms with Crippen LogP contribution in [0.5, 0.6) is 0 Å². The van der Waals surface area contributed by atoms with Gasteiger partial charge in [0.15, 0.2) is 0 Å². The molecule has 18 heavy (non-hydrogen) atoms. The summed E-state index contributed by atoms with van der Waals surface area (Å²) in [6.07, 6.45) is 0. The van der Waals surface area contributed by atoms with Gasteiger partial charge in [0.05, 0.1) is 12.8 Å². The molecule has 0 saturated heterocycles. The SMILES string of the molecule is COC(=O)C(I)CNC(=O)c1snnc1C(C)C. The molecule has 0 aliphatic carbocycles. The second kappa shape index (κ2) is 6.98. The number of carbonyl (C=O) groups excluding carboxylic acids is 2. The van der Waals surface area contributed by atoms with Crippen LogP contribution in [0.15, 0.2) is 0 Å². The lowest BCUT2D eigenvalue weighted by atomic mass is 10.1. The summed E-state index contributed by atoms with van der Waals surface area (Å²) in [4.78, 5) is 23.6. The molecule has 6 nitrogen and oxygen atoms in total. The van der Waals surface area contributed by atoms with Crippen LogP contribution in [0.25, 0.3) is 0 Å². The van der Waals surface area contributed by atoms with Crippen molar-refractivity contribution in [3.63, 3.8) is 0 Å². The molecule has 0 saturated carbocycles. The Labute approximate surface area is 123 Å². The molecule has 0 fully saturated rings. The molecule has 1 rings (SSSR count). The van der Waals surface area contributed by atoms with Crippen LogP contribution in [-0.2, 0) is 9.53 Å². The zero-order chi connectivity index (χ0) is 13.7. The maximum Gasteiger partial charge on any atom is 0.320 e. The van der Waals surface area contributed by atoms with Crippen LogP contribution in [0.3, 0.4) is 0 Å². The molecule has 1 N–H and O–H groups in total. The molecular formula is C10H14IN3O3S. The number of amides is 1. The number of rotatable bonds is 5. The molecule has 1 heterocycles. The number of esters is 1. The van der Waals surface area contributed by atoms with Crippen molar-refractivity contribution in [3.05, 3.63) is 10.6 Å². The molecule has 0 radical (unpaired) electrons. The zero-order valence-electron chi connectivity index (χ0n) is 10.3. The highest BCUT2D eigenvalue weighted by Crippen LogP contribution is 2.19. The average molecular weight is 383 g/mol. The summed E-state index contributed by atoms with van der Waals surface area (Å²) in [7, 11) is 1.32. The number of methoxy groups -OCH3 is 1. The largest absolute Gasteiger partial charge is 0.468 e. The molecule has 1 atom stereocenters. The van der Waals surface area contributed by atoms with Crippen molar-refractivity contribution < 1.29 is 14.3 Å². The van der Waals surface area contributed by atoms with E-state index in [1.807, 2.05) is 36.4 Å². The predicted molar refractivity (Wildman–Crippen MR) is 76.2 cm³/mol. The van der Waals surface area contributed by atoms with E-state index < -0.39 is 3.92 Å². The normalized spacial score (nSPS) is 12.3. The number of hydrogen-bond donors (Lipinski definition) is 1. The van der Waals surface area contributed by atoms with Crippen molar-refractivity contribution in [2.24, 2.45) is 0 Å². The van der Waals surface area contributed by atoms with E-state index in [0.717, 1.165) is 11.5 Å². The number of hydrogen-bond acceptors (Lipinski definition) is 6. The molecule has 1 amide bonds. The fraction of sp³-hybridized carbons (Fsp3) is 0.600. The number of carbonyl (C=O) groups is 2. The first-order valence-electron chi connectivity index (χ1n) is 5.29. The highest BCUT2D eigenvalue weighted by molar-refractivity contribution is 14.1. The van der Waals surface area contributed by atoms with E-state index in [-0.39, 0.29) is 24.3 Å². The molecule has 0 bridgehead atoms. The fourth-order valence-corrected chi connectivity index (χ4v) is 2.42. The summed E-state index contributed by atoms with van der Waals surface area (Å²) >= 11 is 2.98. The number of nitrogens with one attached hydrogen (secondary N) is 1. The average Bonchev–Trinajstić information content (AvgIpc) is 2.83. The van der Waals surface area contributed by atoms with Crippen LogP contribution in [0.2, 0.25) is 0 Å². The molecule has 1 unspecified atom stereocenters. The third kappa shape index (κ3) is 3.87. The first-order chi connectivity index (χ1) is 8.47. The lowest BCUT2D eigenvalue weighted by molar-refractivity contribution is -0.139. The van der Waals surface area contributed by atoms with Crippen LogP contribution < -0.4 is 5.32 Å². The van der Waals surface area contributed by atoms with Crippen LogP contribution in [0, 0.1) is 0 Å². The van der Waals surface area contributed by atoms with Gasteiger partial charge in [-0.1, -0.05) is 40.9 Å². The van der Waals surface area contributed by atoms with E-state index in [9.17, 15) is 9.59 Å². The van der Waals surface area contributed by atoms with Gasteiger partial charge in [0, 0.05) is 6.54 Å². The van der Waals surface area contributed by atoms with Gasteiger partial charge >= 0.3 is 5.97 Å². The van der Waals surface area contributed by atoms with Gasteiger partial charge in [-0.15, -0.1) is 5.10 Å². The lowest BCUT2D eigenvalue weighted by Gasteiger charge is -2.09. The second-order valence-electron chi connectivity index (χ2n) is 3.84. The van der Waals surface area contributed by atoms with Crippen molar-refractivity contribution in [1.29, 1.82) is 0 Å². The zero-order valence-corrected chi connectivity index (χ0v) is 13.2. The third-order valence-corrected chi connectivity index (χ3v) is 3.85. The molecule has 8 heteroatoms. The standard InChI is InChI=1S/C10H14IN3O3S/c1-5(2)7-8(18-14-13-7)9(15)12-4-6(11)10(16)17-3/h5-6H,4H2,1-3H3,(H,12,15). The Hall–Kier alpha value is -0.770. The quantitative estimate of drug-likeness (QED) is 0.472. The fourth-order valence-electron chi connectivity index (χ4n) is 1.21. The molecule has 0 aliphatic heterocycles. The van der Waals surface area contributed by atoms with Gasteiger partial charge in [-0.2, -0.15) is 0 Å². The molecule has 100 valence electrons. The van der Waals surface area contributed by atoms with Gasteiger partial charge in [0.1, 0.15) is 8.80 Å². The van der Waals surface area contributed by atoms with Gasteiger partial charge < -0.3 is 10.1 Å². The van der Waals surface area contributed by atoms with Crippen LogP contribution in [0.1, 0.15) is 35.1 Å². The van der Waals surface area contributed by atoms with E-state index in [1.54, 1.807) is 0 Å². The first kappa shape index (κ1) is 15.3. The summed E-state index contributed by atoms with van der Waals surface area (Å²) in [5.74, 6) is -0.470. The smallest absolute Gasteiger partial charge is 0.320 e. The van der Waals surface area contributed by atoms with E-state index in [4.69, 9.17) is 0 Å². The molecular weight excluding hydrogens is 369 g/mol. The maximum absolute atomic E-state index is 11.9. The molecule has 0 aliphatic rings. The van der Waals surface area contributed by atoms with E-state index in [2.05, 4.69) is 19.6 Å². The number of ether oxygens (including phenoxy) is 1. The minimum Gasteiger partial charge on any atom is -0.468 e. The Balaban J connectivity index is 2.61. The van der Waals surface area contributed by atoms with E-state index in [1.165, 1.54) is 7.11 Å².